The molecule has 0 bridgehead atoms. The molecule has 0 spiro atoms. The Morgan fingerprint density at radius 3 is 2.64 bits per heavy atom. The molecular weight excluding hydrogens is 381 g/mol. The Labute approximate surface area is 165 Å². The number of carbonyl (C=O) groups is 2. The van der Waals surface area contributed by atoms with Crippen LogP contribution in [0.15, 0.2) is 53.4 Å². The van der Waals surface area contributed by atoms with Gasteiger partial charge in [-0.3, -0.25) is 9.52 Å². The van der Waals surface area contributed by atoms with Crippen LogP contribution in [0.4, 0.5) is 9.18 Å². The third kappa shape index (κ3) is 3.55. The van der Waals surface area contributed by atoms with Crippen molar-refractivity contribution >= 4 is 34.9 Å². The highest BCUT2D eigenvalue weighted by Gasteiger charge is 2.27. The normalized spacial score (nSPS) is 13.4. The maximum absolute atomic E-state index is 13.0. The molecule has 0 aliphatic carbocycles. The summed E-state index contributed by atoms with van der Waals surface area (Å²) in [4.78, 5) is 26.3. The van der Waals surface area contributed by atoms with Crippen LogP contribution in [-0.2, 0) is 24.3 Å². The summed E-state index contributed by atoms with van der Waals surface area (Å²) in [5, 5.41) is 10.2. The molecule has 2 amide bonds. The number of aliphatic carboxylic acids is 1. The molecule has 2 N–H and O–H groups in total. The van der Waals surface area contributed by atoms with Crippen LogP contribution in [0.25, 0.3) is 10.9 Å². The van der Waals surface area contributed by atoms with Gasteiger partial charge in [-0.2, -0.15) is 0 Å². The first-order valence-electron chi connectivity index (χ1n) is 8.81. The number of fused-ring (bicyclic) bond motifs is 3. The van der Waals surface area contributed by atoms with E-state index in [1.54, 1.807) is 17.0 Å². The molecular formula is C20H18FN3O3S. The zero-order valence-electron chi connectivity index (χ0n) is 14.9. The number of carboxylic acid groups (broad SMARTS) is 1. The summed E-state index contributed by atoms with van der Waals surface area (Å²) in [6.07, 6.45) is 0.589. The maximum atomic E-state index is 13.0. The molecule has 0 saturated carbocycles. The van der Waals surface area contributed by atoms with Crippen LogP contribution in [0, 0.1) is 5.82 Å². The number of aromatic nitrogens is 1. The van der Waals surface area contributed by atoms with Gasteiger partial charge in [0.2, 0.25) is 0 Å². The molecule has 3 aromatic rings. The Morgan fingerprint density at radius 2 is 1.89 bits per heavy atom. The number of hydrogen-bond acceptors (Lipinski definition) is 3. The van der Waals surface area contributed by atoms with E-state index < -0.39 is 5.97 Å². The van der Waals surface area contributed by atoms with E-state index in [0.29, 0.717) is 19.5 Å². The molecule has 0 atom stereocenters. The Hall–Kier alpha value is -3.00. The van der Waals surface area contributed by atoms with Crippen LogP contribution in [-0.4, -0.2) is 33.1 Å². The van der Waals surface area contributed by atoms with Crippen LogP contribution >= 0.6 is 11.9 Å². The Morgan fingerprint density at radius 1 is 1.14 bits per heavy atom. The molecule has 1 aliphatic heterocycles. The molecule has 28 heavy (non-hydrogen) atoms. The van der Waals surface area contributed by atoms with Gasteiger partial charge in [0, 0.05) is 46.6 Å². The van der Waals surface area contributed by atoms with Gasteiger partial charge in [-0.05, 0) is 42.3 Å². The lowest BCUT2D eigenvalue weighted by Gasteiger charge is -2.28. The summed E-state index contributed by atoms with van der Waals surface area (Å²) in [5.74, 6) is -1.21. The number of nitrogens with one attached hydrogen (secondary N) is 1. The topological polar surface area (TPSA) is 74.6 Å². The second kappa shape index (κ2) is 7.55. The summed E-state index contributed by atoms with van der Waals surface area (Å²) < 4.78 is 17.6. The Kier molecular flexibility index (Phi) is 4.95. The van der Waals surface area contributed by atoms with Gasteiger partial charge in [-0.1, -0.05) is 18.2 Å². The van der Waals surface area contributed by atoms with Crippen molar-refractivity contribution < 1.29 is 19.1 Å². The molecule has 144 valence electrons. The van der Waals surface area contributed by atoms with Gasteiger partial charge < -0.3 is 14.6 Å². The fourth-order valence-corrected chi connectivity index (χ4v) is 4.17. The number of rotatable bonds is 4. The van der Waals surface area contributed by atoms with Gasteiger partial charge in [0.05, 0.1) is 0 Å². The van der Waals surface area contributed by atoms with Gasteiger partial charge in [0.1, 0.15) is 12.4 Å². The molecule has 6 nitrogen and oxygen atoms in total. The van der Waals surface area contributed by atoms with E-state index in [0.717, 1.165) is 39.0 Å². The molecule has 1 aliphatic rings. The Balaban J connectivity index is 1.53. The first-order valence-corrected chi connectivity index (χ1v) is 9.62. The van der Waals surface area contributed by atoms with E-state index in [-0.39, 0.29) is 18.4 Å². The molecule has 0 radical (unpaired) electrons. The van der Waals surface area contributed by atoms with Crippen molar-refractivity contribution in [2.75, 3.05) is 6.54 Å². The summed E-state index contributed by atoms with van der Waals surface area (Å²) in [6, 6.07) is 13.3. The largest absolute Gasteiger partial charge is 0.480 e. The fraction of sp³-hybridized carbons (Fsp3) is 0.200. The van der Waals surface area contributed by atoms with Gasteiger partial charge in [0.25, 0.3) is 0 Å². The molecule has 2 aromatic carbocycles. The number of amides is 2. The highest BCUT2D eigenvalue weighted by atomic mass is 32.2. The van der Waals surface area contributed by atoms with Crippen molar-refractivity contribution in [2.24, 2.45) is 0 Å². The number of nitrogens with zero attached hydrogens (tertiary/aromatic N) is 2. The minimum Gasteiger partial charge on any atom is -0.480 e. The molecule has 0 unspecified atom stereocenters. The Bertz CT molecular complexity index is 1050. The average Bonchev–Trinajstić information content (AvgIpc) is 3.00. The second-order valence-corrected chi connectivity index (χ2v) is 7.44. The van der Waals surface area contributed by atoms with E-state index in [4.69, 9.17) is 0 Å². The third-order valence-electron chi connectivity index (χ3n) is 4.81. The van der Waals surface area contributed by atoms with Crippen LogP contribution < -0.4 is 4.72 Å². The van der Waals surface area contributed by atoms with Crippen LogP contribution in [0.3, 0.4) is 0 Å². The van der Waals surface area contributed by atoms with Crippen molar-refractivity contribution in [3.63, 3.8) is 0 Å². The molecule has 0 saturated heterocycles. The number of halogens is 1. The lowest BCUT2D eigenvalue weighted by Crippen LogP contribution is -2.40. The highest BCUT2D eigenvalue weighted by molar-refractivity contribution is 7.98. The quantitative estimate of drug-likeness (QED) is 0.657. The van der Waals surface area contributed by atoms with E-state index in [1.165, 1.54) is 12.1 Å². The summed E-state index contributed by atoms with van der Waals surface area (Å²) >= 11 is 1.14. The number of carboxylic acids is 1. The first-order chi connectivity index (χ1) is 13.5. The number of urea groups is 1. The fourth-order valence-electron chi connectivity index (χ4n) is 3.56. The average molecular weight is 399 g/mol. The number of hydrogen-bond donors (Lipinski definition) is 2. The second-order valence-electron chi connectivity index (χ2n) is 6.56. The predicted molar refractivity (Wildman–Crippen MR) is 104 cm³/mol. The van der Waals surface area contributed by atoms with Gasteiger partial charge in [-0.25, -0.2) is 9.18 Å². The molecule has 1 aromatic heterocycles. The summed E-state index contributed by atoms with van der Waals surface area (Å²) in [5.41, 5.74) is 2.83. The van der Waals surface area contributed by atoms with Crippen molar-refractivity contribution in [1.29, 1.82) is 0 Å². The lowest BCUT2D eigenvalue weighted by molar-refractivity contribution is -0.137. The number of para-hydroxylation sites is 1. The zero-order valence-corrected chi connectivity index (χ0v) is 15.7. The van der Waals surface area contributed by atoms with Gasteiger partial charge in [-0.15, -0.1) is 0 Å². The van der Waals surface area contributed by atoms with E-state index >= 15 is 0 Å². The maximum Gasteiger partial charge on any atom is 0.327 e. The van der Waals surface area contributed by atoms with E-state index in [1.807, 2.05) is 28.8 Å². The van der Waals surface area contributed by atoms with Crippen molar-refractivity contribution in [1.82, 2.24) is 14.2 Å². The van der Waals surface area contributed by atoms with Crippen LogP contribution in [0.2, 0.25) is 0 Å². The van der Waals surface area contributed by atoms with Crippen molar-refractivity contribution in [2.45, 2.75) is 24.4 Å². The van der Waals surface area contributed by atoms with E-state index in [2.05, 4.69) is 4.72 Å². The van der Waals surface area contributed by atoms with Crippen molar-refractivity contribution in [3.8, 4) is 0 Å². The first kappa shape index (κ1) is 18.4. The minimum absolute atomic E-state index is 0.0948. The zero-order chi connectivity index (χ0) is 19.7. The lowest BCUT2D eigenvalue weighted by atomic mass is 10.0. The standard InChI is InChI=1S/C20H18FN3O3S/c21-13-5-7-14(8-6-13)28-22-20(27)23-10-9-18-16(11-23)15-3-1-2-4-17(15)24(18)12-19(25)26/h1-8H,9-12H2,(H,22,27)(H,25,26). The third-order valence-corrected chi connectivity index (χ3v) is 5.60. The number of carbonyl (C=O) groups excluding carboxylic acids is 1. The molecule has 4 rings (SSSR count). The predicted octanol–water partition coefficient (Wildman–Crippen LogP) is 3.64. The van der Waals surface area contributed by atoms with Crippen LogP contribution in [0.1, 0.15) is 11.3 Å². The summed E-state index contributed by atoms with van der Waals surface area (Å²) in [7, 11) is 0. The molecule has 2 heterocycles. The SMILES string of the molecule is O=C(O)Cn1c2c(c3ccccc31)CN(C(=O)NSc1ccc(F)cc1)CC2. The van der Waals surface area contributed by atoms with Crippen molar-refractivity contribution in [3.05, 3.63) is 65.6 Å². The minimum atomic E-state index is -0.889. The molecule has 0 fully saturated rings. The van der Waals surface area contributed by atoms with Gasteiger partial charge >= 0.3 is 12.0 Å². The number of benzene rings is 2. The monoisotopic (exact) mass is 399 g/mol. The van der Waals surface area contributed by atoms with Gasteiger partial charge in [0.15, 0.2) is 0 Å². The smallest absolute Gasteiger partial charge is 0.327 e. The summed E-state index contributed by atoms with van der Waals surface area (Å²) in [6.45, 7) is 0.819. The van der Waals surface area contributed by atoms with Crippen LogP contribution in [0.5, 0.6) is 0 Å². The highest BCUT2D eigenvalue weighted by Crippen LogP contribution is 2.31. The van der Waals surface area contributed by atoms with E-state index in [9.17, 15) is 19.1 Å². The molecule has 8 heteroatoms.